The molecule has 0 aliphatic heterocycles. The lowest BCUT2D eigenvalue weighted by atomic mass is 8.96. The second-order valence-corrected chi connectivity index (χ2v) is 6.80. The molecule has 4 heteroatoms. The zero-order valence-corrected chi connectivity index (χ0v) is 9.95. The molecule has 17 heavy (non-hydrogen) atoms. The lowest BCUT2D eigenvalue weighted by Gasteiger charge is -3.06. The Hall–Kier alpha value is -0.610. The van der Waals surface area contributed by atoms with E-state index >= 15 is 0 Å². The van der Waals surface area contributed by atoms with Crippen LogP contribution >= 0.6 is 0 Å². The zero-order valence-electron chi connectivity index (χ0n) is 9.95. The maximum absolute atomic E-state index is 12.6. The van der Waals surface area contributed by atoms with Crippen LogP contribution in [0.5, 0.6) is 0 Å². The Labute approximate surface area is 99.6 Å². The number of aliphatic hydroxyl groups excluding tert-OH is 2. The molecular weight excluding hydrogens is 218 g/mol. The van der Waals surface area contributed by atoms with E-state index in [9.17, 15) is 15.0 Å². The van der Waals surface area contributed by atoms with Crippen LogP contribution in [0.15, 0.2) is 0 Å². The third-order valence-electron chi connectivity index (χ3n) is 6.89. The number of carbonyl (C=O) groups is 1. The van der Waals surface area contributed by atoms with Crippen molar-refractivity contribution in [2.45, 2.75) is 26.3 Å². The Morgan fingerprint density at radius 3 is 1.76 bits per heavy atom. The molecule has 0 saturated heterocycles. The molecule has 6 saturated carbocycles. The van der Waals surface area contributed by atoms with E-state index in [1.54, 1.807) is 13.8 Å². The maximum atomic E-state index is 12.6. The first-order valence-electron chi connectivity index (χ1n) is 6.73. The van der Waals surface area contributed by atoms with Gasteiger partial charge in [-0.05, 0) is 55.3 Å². The number of amides is 1. The van der Waals surface area contributed by atoms with Gasteiger partial charge >= 0.3 is 0 Å². The summed E-state index contributed by atoms with van der Waals surface area (Å²) < 4.78 is 0. The summed E-state index contributed by atoms with van der Waals surface area (Å²) in [6.45, 7) is 3.12. The summed E-state index contributed by atoms with van der Waals surface area (Å²) in [6, 6.07) is 0. The summed E-state index contributed by atoms with van der Waals surface area (Å²) in [4.78, 5) is 13.9. The summed E-state index contributed by atoms with van der Waals surface area (Å²) in [6.07, 6.45) is -1.77. The Kier molecular flexibility index (Phi) is 1.19. The third-order valence-corrected chi connectivity index (χ3v) is 6.89. The van der Waals surface area contributed by atoms with E-state index in [2.05, 4.69) is 0 Å². The smallest absolute Gasteiger partial charge is 0.233 e. The van der Waals surface area contributed by atoms with Gasteiger partial charge in [-0.1, -0.05) is 0 Å². The minimum atomic E-state index is -0.886. The number of hydrogen-bond acceptors (Lipinski definition) is 3. The lowest BCUT2D eigenvalue weighted by Crippen LogP contribution is -3.07. The fourth-order valence-corrected chi connectivity index (χ4v) is 6.73. The van der Waals surface area contributed by atoms with Crippen LogP contribution in [0.2, 0.25) is 0 Å². The van der Waals surface area contributed by atoms with Crippen molar-refractivity contribution in [2.24, 2.45) is 46.8 Å². The molecule has 0 aromatic rings. The first-order chi connectivity index (χ1) is 8.04. The van der Waals surface area contributed by atoms with Gasteiger partial charge < -0.3 is 10.2 Å². The van der Waals surface area contributed by atoms with Crippen molar-refractivity contribution in [3.63, 3.8) is 0 Å². The van der Waals surface area contributed by atoms with E-state index in [4.69, 9.17) is 0 Å². The van der Waals surface area contributed by atoms with E-state index in [-0.39, 0.29) is 11.3 Å². The molecule has 0 heterocycles. The minimum absolute atomic E-state index is 0.0319. The highest BCUT2D eigenvalue weighted by molar-refractivity contribution is 5.91. The van der Waals surface area contributed by atoms with E-state index in [0.717, 1.165) is 23.7 Å². The number of hydrogen-bond donors (Lipinski definition) is 2. The molecule has 2 unspecified atom stereocenters. The molecule has 6 fully saturated rings. The van der Waals surface area contributed by atoms with Crippen molar-refractivity contribution in [1.29, 1.82) is 0 Å². The van der Waals surface area contributed by atoms with E-state index in [1.807, 2.05) is 0 Å². The summed E-state index contributed by atoms with van der Waals surface area (Å²) >= 11 is 0. The van der Waals surface area contributed by atoms with Crippen molar-refractivity contribution in [1.82, 2.24) is 4.90 Å². The molecule has 0 spiro atoms. The molecule has 0 aromatic carbocycles. The van der Waals surface area contributed by atoms with Crippen LogP contribution in [0.4, 0.5) is 0 Å². The van der Waals surface area contributed by atoms with Crippen LogP contribution < -0.4 is 0 Å². The number of rotatable bonds is 3. The molecule has 0 bridgehead atoms. The summed E-state index contributed by atoms with van der Waals surface area (Å²) in [5.74, 6) is 5.44. The van der Waals surface area contributed by atoms with Crippen LogP contribution in [-0.2, 0) is 4.79 Å². The lowest BCUT2D eigenvalue weighted by molar-refractivity contribution is -0.598. The quantitative estimate of drug-likeness (QED) is 0.669. The predicted octanol–water partition coefficient (Wildman–Crippen LogP) is -0.141. The first kappa shape index (κ1) is 9.34. The Bertz CT molecular complexity index is 399. The van der Waals surface area contributed by atoms with Gasteiger partial charge in [-0.2, -0.15) is 0 Å². The Morgan fingerprint density at radius 2 is 1.41 bits per heavy atom. The van der Waals surface area contributed by atoms with E-state index in [1.165, 1.54) is 4.90 Å². The number of aliphatic hydroxyl groups is 2. The highest BCUT2D eigenvalue weighted by Gasteiger charge is 3.06. The number of carbonyl (C=O) groups excluding carboxylic acids is 1. The van der Waals surface area contributed by atoms with Gasteiger partial charge in [0, 0.05) is 0 Å². The second kappa shape index (κ2) is 2.16. The molecular formula is C13H17NO3. The third kappa shape index (κ3) is 0.541. The maximum Gasteiger partial charge on any atom is 0.233 e. The molecule has 0 radical (unpaired) electrons. The summed E-state index contributed by atoms with van der Waals surface area (Å²) in [5.41, 5.74) is -0.122. The van der Waals surface area contributed by atoms with Gasteiger partial charge in [-0.15, -0.1) is 0 Å². The minimum Gasteiger partial charge on any atom is -0.374 e. The van der Waals surface area contributed by atoms with Crippen molar-refractivity contribution in [3.8, 4) is 0 Å². The topological polar surface area (TPSA) is 60.8 Å². The fraction of sp³-hybridized carbons (Fsp3) is 0.923. The van der Waals surface area contributed by atoms with Crippen LogP contribution in [0.3, 0.4) is 0 Å². The van der Waals surface area contributed by atoms with Crippen molar-refractivity contribution < 1.29 is 15.0 Å². The van der Waals surface area contributed by atoms with Crippen LogP contribution in [-0.4, -0.2) is 33.5 Å². The second-order valence-electron chi connectivity index (χ2n) is 6.80. The van der Waals surface area contributed by atoms with E-state index in [0.29, 0.717) is 17.8 Å². The van der Waals surface area contributed by atoms with Gasteiger partial charge in [0.1, 0.15) is 12.5 Å². The van der Waals surface area contributed by atoms with Crippen LogP contribution in [0.25, 0.3) is 0 Å². The molecule has 4 nitrogen and oxygen atoms in total. The molecule has 6 rings (SSSR count). The van der Waals surface area contributed by atoms with Gasteiger partial charge in [0.2, 0.25) is 5.91 Å². The molecule has 92 valence electrons. The zero-order chi connectivity index (χ0) is 11.9. The first-order valence-corrected chi connectivity index (χ1v) is 6.73. The fourth-order valence-electron chi connectivity index (χ4n) is 6.73. The largest absolute Gasteiger partial charge is 0.374 e. The van der Waals surface area contributed by atoms with Gasteiger partial charge in [0.05, 0.1) is 5.41 Å². The van der Waals surface area contributed by atoms with Crippen LogP contribution in [0, 0.1) is 46.8 Å². The molecule has 2 N–H and O–H groups in total. The molecule has 0 aromatic heterocycles. The molecule has 6 aliphatic carbocycles. The average Bonchev–Trinajstić information content (AvgIpc) is 2.28. The SMILES string of the molecule is CC(O)N(C(=O)C12C3C4C5C3C1C5C42)C(C)O. The molecule has 6 aliphatic rings. The normalized spacial score (nSPS) is 65.1. The van der Waals surface area contributed by atoms with Crippen molar-refractivity contribution in [2.75, 3.05) is 0 Å². The van der Waals surface area contributed by atoms with E-state index < -0.39 is 12.5 Å². The number of nitrogens with zero attached hydrogens (tertiary/aromatic N) is 1. The standard InChI is InChI=1S/C13H17NO3/c1-3(15)14(4(2)16)12(17)13-9-6-5-7(9)11(13)8(5)10(6)13/h3-11,15-16H,1-2H3. The van der Waals surface area contributed by atoms with Gasteiger partial charge in [0.15, 0.2) is 0 Å². The summed E-state index contributed by atoms with van der Waals surface area (Å²) in [5, 5.41) is 19.4. The van der Waals surface area contributed by atoms with Crippen molar-refractivity contribution >= 4 is 5.91 Å². The highest BCUT2D eigenvalue weighted by atomic mass is 16.3. The Balaban J connectivity index is 1.48. The van der Waals surface area contributed by atoms with Gasteiger partial charge in [-0.3, -0.25) is 9.69 Å². The van der Waals surface area contributed by atoms with Crippen molar-refractivity contribution in [3.05, 3.63) is 0 Å². The summed E-state index contributed by atoms with van der Waals surface area (Å²) in [7, 11) is 0. The monoisotopic (exact) mass is 235 g/mol. The van der Waals surface area contributed by atoms with Gasteiger partial charge in [-0.25, -0.2) is 0 Å². The average molecular weight is 235 g/mol. The molecule has 1 amide bonds. The highest BCUT2D eigenvalue weighted by Crippen LogP contribution is 3.06. The predicted molar refractivity (Wildman–Crippen MR) is 57.1 cm³/mol. The Morgan fingerprint density at radius 1 is 1.00 bits per heavy atom. The van der Waals surface area contributed by atoms with Crippen LogP contribution in [0.1, 0.15) is 13.8 Å². The van der Waals surface area contributed by atoms with Gasteiger partial charge in [0.25, 0.3) is 0 Å². The molecule has 2 atom stereocenters.